The summed E-state index contributed by atoms with van der Waals surface area (Å²) in [5.74, 6) is 0. The van der Waals surface area contributed by atoms with Crippen molar-refractivity contribution in [2.45, 2.75) is 32.1 Å². The van der Waals surface area contributed by atoms with Crippen LogP contribution in [0.4, 0.5) is 0 Å². The van der Waals surface area contributed by atoms with Crippen molar-refractivity contribution in [3.8, 4) is 0 Å². The predicted molar refractivity (Wildman–Crippen MR) is 46.1 cm³/mol. The zero-order valence-corrected chi connectivity index (χ0v) is 8.04. The van der Waals surface area contributed by atoms with E-state index in [0.717, 1.165) is 6.42 Å². The second-order valence-electron chi connectivity index (χ2n) is 2.27. The molecule has 0 bridgehead atoms. The van der Waals surface area contributed by atoms with E-state index in [1.165, 1.54) is 6.26 Å². The van der Waals surface area contributed by atoms with Gasteiger partial charge in [-0.2, -0.15) is 8.42 Å². The molecule has 5 heteroatoms. The minimum atomic E-state index is -4.07. The van der Waals surface area contributed by atoms with Crippen LogP contribution < -0.4 is 0 Å². The average Bonchev–Trinajstić information content (AvgIpc) is 1.95. The van der Waals surface area contributed by atoms with Gasteiger partial charge in [-0.1, -0.05) is 19.9 Å². The highest BCUT2D eigenvalue weighted by molar-refractivity contribution is 7.86. The zero-order valence-electron chi connectivity index (χ0n) is 7.23. The third-order valence-electron chi connectivity index (χ3n) is 1.23. The summed E-state index contributed by atoms with van der Waals surface area (Å²) in [4.78, 5) is 0. The van der Waals surface area contributed by atoms with Gasteiger partial charge >= 0.3 is 10.1 Å². The quantitative estimate of drug-likeness (QED) is 0.532. The van der Waals surface area contributed by atoms with Crippen LogP contribution in [0, 0.1) is 0 Å². The van der Waals surface area contributed by atoms with E-state index in [1.54, 1.807) is 13.0 Å². The Bertz CT molecular complexity index is 230. The molecule has 0 aromatic rings. The van der Waals surface area contributed by atoms with Gasteiger partial charge < -0.3 is 4.74 Å². The number of allylic oxidation sites excluding steroid dienone is 1. The zero-order chi connectivity index (χ0) is 9.61. The van der Waals surface area contributed by atoms with E-state index in [1.807, 2.05) is 6.92 Å². The van der Waals surface area contributed by atoms with Gasteiger partial charge in [-0.25, -0.2) is 0 Å². The summed E-state index contributed by atoms with van der Waals surface area (Å²) in [6.07, 6.45) is 3.96. The minimum Gasteiger partial charge on any atom is -0.480 e. The molecule has 1 atom stereocenters. The van der Waals surface area contributed by atoms with E-state index < -0.39 is 15.6 Å². The summed E-state index contributed by atoms with van der Waals surface area (Å²) >= 11 is 0. The van der Waals surface area contributed by atoms with Gasteiger partial charge in [-0.05, 0) is 12.8 Å². The molecule has 1 N–H and O–H groups in total. The van der Waals surface area contributed by atoms with E-state index in [9.17, 15) is 8.42 Å². The summed E-state index contributed by atoms with van der Waals surface area (Å²) in [5, 5.41) is 0. The number of ether oxygens (including phenoxy) is 1. The first-order chi connectivity index (χ1) is 5.52. The summed E-state index contributed by atoms with van der Waals surface area (Å²) in [6, 6.07) is 0. The Morgan fingerprint density at radius 3 is 2.42 bits per heavy atom. The molecule has 0 radical (unpaired) electrons. The summed E-state index contributed by atoms with van der Waals surface area (Å²) < 4.78 is 34.5. The first kappa shape index (κ1) is 11.4. The Morgan fingerprint density at radius 2 is 2.08 bits per heavy atom. The van der Waals surface area contributed by atoms with Gasteiger partial charge in [0.25, 0.3) is 0 Å². The van der Waals surface area contributed by atoms with E-state index in [-0.39, 0.29) is 6.42 Å². The van der Waals surface area contributed by atoms with Crippen molar-refractivity contribution in [3.63, 3.8) is 0 Å². The standard InChI is InChI=1S/C7H14O4S/c1-3-5-6-11-7(4-2)12(8,9)10/h5-7H,3-4H2,1-2H3,(H,8,9,10). The molecule has 72 valence electrons. The third-order valence-corrected chi connectivity index (χ3v) is 2.34. The summed E-state index contributed by atoms with van der Waals surface area (Å²) in [7, 11) is -4.07. The van der Waals surface area contributed by atoms with Crippen molar-refractivity contribution in [1.82, 2.24) is 0 Å². The fourth-order valence-electron chi connectivity index (χ4n) is 0.616. The molecule has 0 amide bonds. The highest BCUT2D eigenvalue weighted by Gasteiger charge is 2.20. The van der Waals surface area contributed by atoms with E-state index in [2.05, 4.69) is 0 Å². The fraction of sp³-hybridized carbons (Fsp3) is 0.714. The SMILES string of the molecule is CCC=COC(CC)S(=O)(=O)O. The molecular formula is C7H14O4S. The van der Waals surface area contributed by atoms with Gasteiger partial charge in [0.15, 0.2) is 0 Å². The Balaban J connectivity index is 4.11. The first-order valence-corrected chi connectivity index (χ1v) is 5.29. The Labute approximate surface area is 73.0 Å². The molecule has 0 heterocycles. The van der Waals surface area contributed by atoms with Gasteiger partial charge in [0.1, 0.15) is 0 Å². The van der Waals surface area contributed by atoms with Crippen LogP contribution in [0.3, 0.4) is 0 Å². The molecule has 0 aromatic heterocycles. The maximum atomic E-state index is 10.6. The van der Waals surface area contributed by atoms with Crippen LogP contribution in [-0.2, 0) is 14.9 Å². The lowest BCUT2D eigenvalue weighted by molar-refractivity contribution is 0.194. The Morgan fingerprint density at radius 1 is 1.50 bits per heavy atom. The van der Waals surface area contributed by atoms with Crippen LogP contribution >= 0.6 is 0 Å². The van der Waals surface area contributed by atoms with Crippen LogP contribution in [0.2, 0.25) is 0 Å². The largest absolute Gasteiger partial charge is 0.480 e. The van der Waals surface area contributed by atoms with Crippen molar-refractivity contribution in [2.24, 2.45) is 0 Å². The van der Waals surface area contributed by atoms with E-state index in [4.69, 9.17) is 9.29 Å². The van der Waals surface area contributed by atoms with Crippen LogP contribution in [0.1, 0.15) is 26.7 Å². The van der Waals surface area contributed by atoms with Gasteiger partial charge in [-0.3, -0.25) is 4.55 Å². The minimum absolute atomic E-state index is 0.229. The molecule has 0 aromatic carbocycles. The molecule has 1 unspecified atom stereocenters. The molecule has 0 rings (SSSR count). The van der Waals surface area contributed by atoms with E-state index >= 15 is 0 Å². The molecule has 0 aliphatic heterocycles. The molecule has 0 saturated heterocycles. The van der Waals surface area contributed by atoms with Crippen molar-refractivity contribution in [3.05, 3.63) is 12.3 Å². The molecule has 0 spiro atoms. The maximum Gasteiger partial charge on any atom is 0.303 e. The van der Waals surface area contributed by atoms with Crippen LogP contribution in [0.15, 0.2) is 12.3 Å². The van der Waals surface area contributed by atoms with Crippen molar-refractivity contribution in [1.29, 1.82) is 0 Å². The van der Waals surface area contributed by atoms with Gasteiger partial charge in [-0.15, -0.1) is 0 Å². The average molecular weight is 194 g/mol. The predicted octanol–water partition coefficient (Wildman–Crippen LogP) is 1.55. The molecule has 0 aliphatic carbocycles. The fourth-order valence-corrected chi connectivity index (χ4v) is 1.24. The number of rotatable bonds is 5. The molecule has 0 fully saturated rings. The topological polar surface area (TPSA) is 63.6 Å². The second-order valence-corrected chi connectivity index (χ2v) is 3.82. The van der Waals surface area contributed by atoms with Crippen LogP contribution in [0.25, 0.3) is 0 Å². The molecule has 12 heavy (non-hydrogen) atoms. The molecule has 0 saturated carbocycles. The lowest BCUT2D eigenvalue weighted by Gasteiger charge is -2.09. The second kappa shape index (κ2) is 5.16. The van der Waals surface area contributed by atoms with Gasteiger partial charge in [0.2, 0.25) is 5.44 Å². The normalized spacial score (nSPS) is 14.9. The molecule has 4 nitrogen and oxygen atoms in total. The summed E-state index contributed by atoms with van der Waals surface area (Å²) in [5.41, 5.74) is -1.14. The lowest BCUT2D eigenvalue weighted by atomic mass is 10.5. The third kappa shape index (κ3) is 4.35. The smallest absolute Gasteiger partial charge is 0.303 e. The van der Waals surface area contributed by atoms with Crippen molar-refractivity contribution in [2.75, 3.05) is 0 Å². The van der Waals surface area contributed by atoms with Crippen LogP contribution in [0.5, 0.6) is 0 Å². The highest BCUT2D eigenvalue weighted by Crippen LogP contribution is 2.05. The van der Waals surface area contributed by atoms with Gasteiger partial charge in [0.05, 0.1) is 6.26 Å². The highest BCUT2D eigenvalue weighted by atomic mass is 32.2. The first-order valence-electron chi connectivity index (χ1n) is 3.79. The number of hydrogen-bond acceptors (Lipinski definition) is 3. The monoisotopic (exact) mass is 194 g/mol. The summed E-state index contributed by atoms with van der Waals surface area (Å²) in [6.45, 7) is 3.52. The Kier molecular flexibility index (Phi) is 4.92. The molecule has 0 aliphatic rings. The van der Waals surface area contributed by atoms with Gasteiger partial charge in [0, 0.05) is 0 Å². The van der Waals surface area contributed by atoms with Crippen molar-refractivity contribution < 1.29 is 17.7 Å². The van der Waals surface area contributed by atoms with Crippen LogP contribution in [-0.4, -0.2) is 18.4 Å². The van der Waals surface area contributed by atoms with Crippen molar-refractivity contribution >= 4 is 10.1 Å². The Hall–Kier alpha value is -0.550. The number of hydrogen-bond donors (Lipinski definition) is 1. The van der Waals surface area contributed by atoms with E-state index in [0.29, 0.717) is 0 Å². The lowest BCUT2D eigenvalue weighted by Crippen LogP contribution is -2.20. The molecular weight excluding hydrogens is 180 g/mol. The maximum absolute atomic E-state index is 10.6.